The Balaban J connectivity index is 1.87. The standard InChI is InChI=1S/C11H17N3O3/c1-13-3-2-9(12-13)7-14-4-5-17-10(8-14)6-11(15)16/h2-3,10H,4-8H2,1H3,(H,15,16). The van der Waals surface area contributed by atoms with Crippen molar-refractivity contribution in [1.29, 1.82) is 0 Å². The SMILES string of the molecule is Cn1ccc(CN2CCOC(CC(=O)O)C2)n1. The largest absolute Gasteiger partial charge is 0.481 e. The van der Waals surface area contributed by atoms with Crippen LogP contribution in [0.1, 0.15) is 12.1 Å². The Morgan fingerprint density at radius 1 is 1.71 bits per heavy atom. The molecule has 1 fully saturated rings. The average molecular weight is 239 g/mol. The molecule has 0 aromatic carbocycles. The first kappa shape index (κ1) is 12.1. The number of carboxylic acid groups (broad SMARTS) is 1. The van der Waals surface area contributed by atoms with Crippen LogP contribution in [-0.4, -0.2) is 51.6 Å². The van der Waals surface area contributed by atoms with E-state index >= 15 is 0 Å². The summed E-state index contributed by atoms with van der Waals surface area (Å²) >= 11 is 0. The zero-order chi connectivity index (χ0) is 12.3. The summed E-state index contributed by atoms with van der Waals surface area (Å²) in [5, 5.41) is 13.0. The van der Waals surface area contributed by atoms with Crippen molar-refractivity contribution < 1.29 is 14.6 Å². The van der Waals surface area contributed by atoms with Crippen LogP contribution >= 0.6 is 0 Å². The van der Waals surface area contributed by atoms with Gasteiger partial charge in [0.25, 0.3) is 0 Å². The molecule has 2 heterocycles. The molecule has 1 unspecified atom stereocenters. The molecule has 1 atom stereocenters. The molecule has 0 radical (unpaired) electrons. The van der Waals surface area contributed by atoms with E-state index in [4.69, 9.17) is 9.84 Å². The number of morpholine rings is 1. The van der Waals surface area contributed by atoms with Gasteiger partial charge in [0.1, 0.15) is 0 Å². The van der Waals surface area contributed by atoms with Crippen molar-refractivity contribution >= 4 is 5.97 Å². The first-order valence-electron chi connectivity index (χ1n) is 5.68. The summed E-state index contributed by atoms with van der Waals surface area (Å²) in [5.41, 5.74) is 1.00. The minimum atomic E-state index is -0.810. The maximum atomic E-state index is 10.6. The highest BCUT2D eigenvalue weighted by molar-refractivity contribution is 5.67. The van der Waals surface area contributed by atoms with Gasteiger partial charge in [0.05, 0.1) is 24.8 Å². The van der Waals surface area contributed by atoms with Gasteiger partial charge in [0.15, 0.2) is 0 Å². The lowest BCUT2D eigenvalue weighted by Gasteiger charge is -2.31. The molecule has 6 heteroatoms. The first-order chi connectivity index (χ1) is 8.13. The molecule has 94 valence electrons. The predicted molar refractivity (Wildman–Crippen MR) is 60.5 cm³/mol. The number of aromatic nitrogens is 2. The summed E-state index contributed by atoms with van der Waals surface area (Å²) in [6.07, 6.45) is 1.77. The van der Waals surface area contributed by atoms with Gasteiger partial charge in [-0.05, 0) is 6.07 Å². The van der Waals surface area contributed by atoms with Gasteiger partial charge in [-0.3, -0.25) is 14.4 Å². The van der Waals surface area contributed by atoms with Crippen molar-refractivity contribution in [1.82, 2.24) is 14.7 Å². The van der Waals surface area contributed by atoms with Crippen molar-refractivity contribution in [3.8, 4) is 0 Å². The molecule has 2 rings (SSSR count). The number of aryl methyl sites for hydroxylation is 1. The molecule has 0 saturated carbocycles. The number of carboxylic acids is 1. The fraction of sp³-hybridized carbons (Fsp3) is 0.636. The van der Waals surface area contributed by atoms with Crippen molar-refractivity contribution in [2.75, 3.05) is 19.7 Å². The van der Waals surface area contributed by atoms with E-state index in [0.717, 1.165) is 18.8 Å². The van der Waals surface area contributed by atoms with Crippen molar-refractivity contribution in [3.05, 3.63) is 18.0 Å². The van der Waals surface area contributed by atoms with Gasteiger partial charge in [-0.1, -0.05) is 0 Å². The lowest BCUT2D eigenvalue weighted by molar-refractivity contribution is -0.142. The molecule has 1 saturated heterocycles. The van der Waals surface area contributed by atoms with Crippen LogP contribution in [0.2, 0.25) is 0 Å². The van der Waals surface area contributed by atoms with E-state index in [2.05, 4.69) is 10.00 Å². The number of aliphatic carboxylic acids is 1. The second-order valence-corrected chi connectivity index (χ2v) is 4.31. The molecule has 17 heavy (non-hydrogen) atoms. The molecule has 1 aliphatic heterocycles. The maximum Gasteiger partial charge on any atom is 0.306 e. The summed E-state index contributed by atoms with van der Waals surface area (Å²) in [6, 6.07) is 1.97. The predicted octanol–water partition coefficient (Wildman–Crippen LogP) is 0.0956. The van der Waals surface area contributed by atoms with Gasteiger partial charge in [-0.25, -0.2) is 0 Å². The minimum absolute atomic E-state index is 0.0682. The van der Waals surface area contributed by atoms with Crippen LogP contribution in [0.15, 0.2) is 12.3 Å². The van der Waals surface area contributed by atoms with Gasteiger partial charge in [-0.15, -0.1) is 0 Å². The Morgan fingerprint density at radius 3 is 3.18 bits per heavy atom. The van der Waals surface area contributed by atoms with Crippen LogP contribution in [0.4, 0.5) is 0 Å². The highest BCUT2D eigenvalue weighted by Gasteiger charge is 2.22. The third-order valence-corrected chi connectivity index (χ3v) is 2.78. The van der Waals surface area contributed by atoms with Gasteiger partial charge in [-0.2, -0.15) is 5.10 Å². The Bertz CT molecular complexity index is 391. The third-order valence-electron chi connectivity index (χ3n) is 2.78. The zero-order valence-corrected chi connectivity index (χ0v) is 9.87. The number of ether oxygens (including phenoxy) is 1. The number of carbonyl (C=O) groups is 1. The molecular formula is C11H17N3O3. The molecule has 6 nitrogen and oxygen atoms in total. The molecule has 1 N–H and O–H groups in total. The fourth-order valence-electron chi connectivity index (χ4n) is 2.02. The summed E-state index contributed by atoms with van der Waals surface area (Å²) in [5.74, 6) is -0.810. The number of nitrogens with zero attached hydrogens (tertiary/aromatic N) is 3. The van der Waals surface area contributed by atoms with Crippen LogP contribution in [0.3, 0.4) is 0 Å². The van der Waals surface area contributed by atoms with E-state index < -0.39 is 5.97 Å². The number of hydrogen-bond acceptors (Lipinski definition) is 4. The quantitative estimate of drug-likeness (QED) is 0.807. The Labute approximate surface area is 99.8 Å². The van der Waals surface area contributed by atoms with E-state index in [-0.39, 0.29) is 12.5 Å². The number of rotatable bonds is 4. The maximum absolute atomic E-state index is 10.6. The summed E-state index contributed by atoms with van der Waals surface area (Å²) in [4.78, 5) is 12.8. The zero-order valence-electron chi connectivity index (χ0n) is 9.87. The number of hydrogen-bond donors (Lipinski definition) is 1. The third kappa shape index (κ3) is 3.54. The topological polar surface area (TPSA) is 67.6 Å². The van der Waals surface area contributed by atoms with E-state index in [1.165, 1.54) is 0 Å². The van der Waals surface area contributed by atoms with Gasteiger partial charge >= 0.3 is 5.97 Å². The second-order valence-electron chi connectivity index (χ2n) is 4.31. The monoisotopic (exact) mass is 239 g/mol. The normalized spacial score (nSPS) is 21.6. The fourth-order valence-corrected chi connectivity index (χ4v) is 2.02. The smallest absolute Gasteiger partial charge is 0.306 e. The molecule has 0 spiro atoms. The Kier molecular flexibility index (Phi) is 3.75. The van der Waals surface area contributed by atoms with E-state index in [0.29, 0.717) is 13.2 Å². The van der Waals surface area contributed by atoms with Crippen molar-refractivity contribution in [2.45, 2.75) is 19.1 Å². The van der Waals surface area contributed by atoms with Crippen molar-refractivity contribution in [3.63, 3.8) is 0 Å². The average Bonchev–Trinajstić information content (AvgIpc) is 2.63. The first-order valence-corrected chi connectivity index (χ1v) is 5.68. The van der Waals surface area contributed by atoms with Crippen LogP contribution in [0.25, 0.3) is 0 Å². The van der Waals surface area contributed by atoms with E-state index in [9.17, 15) is 4.79 Å². The van der Waals surface area contributed by atoms with E-state index in [1.807, 2.05) is 19.3 Å². The molecule has 1 aromatic rings. The second kappa shape index (κ2) is 5.29. The molecule has 0 bridgehead atoms. The summed E-state index contributed by atoms with van der Waals surface area (Å²) < 4.78 is 7.18. The summed E-state index contributed by atoms with van der Waals surface area (Å²) in [7, 11) is 1.88. The highest BCUT2D eigenvalue weighted by Crippen LogP contribution is 2.11. The van der Waals surface area contributed by atoms with Crippen molar-refractivity contribution in [2.24, 2.45) is 7.05 Å². The molecule has 0 amide bonds. The highest BCUT2D eigenvalue weighted by atomic mass is 16.5. The van der Waals surface area contributed by atoms with Crippen LogP contribution in [-0.2, 0) is 23.1 Å². The van der Waals surface area contributed by atoms with Gasteiger partial charge in [0, 0.05) is 32.9 Å². The van der Waals surface area contributed by atoms with Crippen LogP contribution < -0.4 is 0 Å². The lowest BCUT2D eigenvalue weighted by Crippen LogP contribution is -2.42. The molecule has 1 aromatic heterocycles. The lowest BCUT2D eigenvalue weighted by atomic mass is 10.2. The van der Waals surface area contributed by atoms with E-state index in [1.54, 1.807) is 4.68 Å². The molecular weight excluding hydrogens is 222 g/mol. The van der Waals surface area contributed by atoms with Crippen LogP contribution in [0, 0.1) is 0 Å². The van der Waals surface area contributed by atoms with Gasteiger partial charge < -0.3 is 9.84 Å². The molecule has 1 aliphatic rings. The minimum Gasteiger partial charge on any atom is -0.481 e. The van der Waals surface area contributed by atoms with Gasteiger partial charge in [0.2, 0.25) is 0 Å². The molecule has 0 aliphatic carbocycles. The van der Waals surface area contributed by atoms with Crippen LogP contribution in [0.5, 0.6) is 0 Å². The Hall–Kier alpha value is -1.40. The Morgan fingerprint density at radius 2 is 2.53 bits per heavy atom. The summed E-state index contributed by atoms with van der Waals surface area (Å²) in [6.45, 7) is 2.82.